The Morgan fingerprint density at radius 3 is 2.89 bits per heavy atom. The van der Waals surface area contributed by atoms with Crippen molar-refractivity contribution >= 4 is 0 Å². The number of hydrogen-bond acceptors (Lipinski definition) is 2. The first-order chi connectivity index (χ1) is 8.75. The summed E-state index contributed by atoms with van der Waals surface area (Å²) >= 11 is 0. The average molecular weight is 242 g/mol. The summed E-state index contributed by atoms with van der Waals surface area (Å²) in [5.74, 6) is 0.390. The van der Waals surface area contributed by atoms with Crippen molar-refractivity contribution in [3.63, 3.8) is 0 Å². The largest absolute Gasteiger partial charge is 0.353 e. The molecule has 2 heterocycles. The molecule has 0 spiro atoms. The van der Waals surface area contributed by atoms with Gasteiger partial charge in [0.25, 0.3) is 0 Å². The van der Waals surface area contributed by atoms with Gasteiger partial charge in [-0.25, -0.2) is 6.57 Å². The van der Waals surface area contributed by atoms with E-state index in [1.54, 1.807) is 0 Å². The Labute approximate surface area is 108 Å². The van der Waals surface area contributed by atoms with Crippen LogP contribution < -0.4 is 0 Å². The van der Waals surface area contributed by atoms with Crippen LogP contribution in [0.1, 0.15) is 24.9 Å². The van der Waals surface area contributed by atoms with E-state index in [4.69, 9.17) is 11.3 Å². The van der Waals surface area contributed by atoms with Crippen molar-refractivity contribution in [2.75, 3.05) is 19.7 Å². The Morgan fingerprint density at radius 1 is 1.44 bits per heavy atom. The smallest absolute Gasteiger partial charge is 0.307 e. The summed E-state index contributed by atoms with van der Waals surface area (Å²) in [5, 5.41) is 0. The molecular formula is C15H18N2O. The van der Waals surface area contributed by atoms with Crippen LogP contribution in [0.4, 0.5) is 0 Å². The Balaban J connectivity index is 1.79. The molecule has 3 heteroatoms. The van der Waals surface area contributed by atoms with Gasteiger partial charge in [-0.2, -0.15) is 0 Å². The summed E-state index contributed by atoms with van der Waals surface area (Å²) < 4.78 is 5.73. The summed E-state index contributed by atoms with van der Waals surface area (Å²) in [6.07, 6.45) is 1.03. The third kappa shape index (κ3) is 1.73. The molecule has 3 atom stereocenters. The van der Waals surface area contributed by atoms with E-state index in [-0.39, 0.29) is 0 Å². The number of hydrogen-bond donors (Lipinski definition) is 0. The zero-order chi connectivity index (χ0) is 12.6. The number of ether oxygens (including phenoxy) is 1. The first kappa shape index (κ1) is 11.7. The van der Waals surface area contributed by atoms with Crippen LogP contribution in [0.15, 0.2) is 30.3 Å². The van der Waals surface area contributed by atoms with Crippen LogP contribution in [-0.2, 0) is 4.74 Å². The van der Waals surface area contributed by atoms with Gasteiger partial charge in [0, 0.05) is 12.6 Å². The quantitative estimate of drug-likeness (QED) is 0.742. The van der Waals surface area contributed by atoms with Crippen LogP contribution >= 0.6 is 0 Å². The zero-order valence-corrected chi connectivity index (χ0v) is 10.7. The lowest BCUT2D eigenvalue weighted by molar-refractivity contribution is 0.0292. The minimum absolute atomic E-state index is 0.360. The molecule has 0 aromatic heterocycles. The highest BCUT2D eigenvalue weighted by atomic mass is 16.5. The third-order valence-corrected chi connectivity index (χ3v) is 4.36. The van der Waals surface area contributed by atoms with Crippen molar-refractivity contribution in [3.05, 3.63) is 47.3 Å². The molecule has 0 radical (unpaired) electrons. The number of benzene rings is 1. The maximum absolute atomic E-state index is 7.43. The SMILES string of the molecule is [C-]#[N+]C12CN(C(C)c3ccccc3)CC1CCO2. The molecular weight excluding hydrogens is 224 g/mol. The fourth-order valence-corrected chi connectivity index (χ4v) is 3.16. The van der Waals surface area contributed by atoms with E-state index in [2.05, 4.69) is 40.9 Å². The molecule has 2 fully saturated rings. The standard InChI is InChI=1S/C15H18N2O/c1-12(13-6-4-3-5-7-13)17-10-14-8-9-18-15(14,11-17)16-2/h3-7,12,14H,8-11H2,1H3. The molecule has 2 saturated heterocycles. The molecule has 3 nitrogen and oxygen atoms in total. The van der Waals surface area contributed by atoms with Gasteiger partial charge in [-0.15, -0.1) is 0 Å². The van der Waals surface area contributed by atoms with Crippen LogP contribution in [0.3, 0.4) is 0 Å². The minimum atomic E-state index is -0.553. The maximum Gasteiger partial charge on any atom is 0.353 e. The van der Waals surface area contributed by atoms with E-state index >= 15 is 0 Å². The molecule has 94 valence electrons. The summed E-state index contributed by atoms with van der Waals surface area (Å²) in [6, 6.07) is 10.9. The Bertz CT molecular complexity index is 467. The summed E-state index contributed by atoms with van der Waals surface area (Å²) in [4.78, 5) is 6.18. The van der Waals surface area contributed by atoms with Gasteiger partial charge in [0.1, 0.15) is 6.54 Å². The van der Waals surface area contributed by atoms with Gasteiger partial charge in [0.2, 0.25) is 0 Å². The van der Waals surface area contributed by atoms with Crippen molar-refractivity contribution in [1.29, 1.82) is 0 Å². The van der Waals surface area contributed by atoms with Crippen LogP contribution in [0, 0.1) is 12.5 Å². The molecule has 2 aliphatic heterocycles. The van der Waals surface area contributed by atoms with Crippen LogP contribution in [-0.4, -0.2) is 30.3 Å². The molecule has 3 unspecified atom stereocenters. The second-order valence-corrected chi connectivity index (χ2v) is 5.31. The first-order valence-corrected chi connectivity index (χ1v) is 6.57. The van der Waals surface area contributed by atoms with Crippen LogP contribution in [0.25, 0.3) is 4.85 Å². The molecule has 2 aliphatic rings. The molecule has 0 aliphatic carbocycles. The van der Waals surface area contributed by atoms with Crippen LogP contribution in [0.2, 0.25) is 0 Å². The summed E-state index contributed by atoms with van der Waals surface area (Å²) in [7, 11) is 0. The van der Waals surface area contributed by atoms with Crippen molar-refractivity contribution in [1.82, 2.24) is 4.90 Å². The van der Waals surface area contributed by atoms with E-state index < -0.39 is 5.72 Å². The molecule has 1 aromatic carbocycles. The fraction of sp³-hybridized carbons (Fsp3) is 0.533. The van der Waals surface area contributed by atoms with E-state index in [9.17, 15) is 0 Å². The molecule has 3 rings (SSSR count). The predicted molar refractivity (Wildman–Crippen MR) is 69.8 cm³/mol. The second-order valence-electron chi connectivity index (χ2n) is 5.31. The summed E-state index contributed by atoms with van der Waals surface area (Å²) in [6.45, 7) is 12.1. The third-order valence-electron chi connectivity index (χ3n) is 4.36. The van der Waals surface area contributed by atoms with Crippen molar-refractivity contribution in [2.24, 2.45) is 5.92 Å². The number of rotatable bonds is 2. The van der Waals surface area contributed by atoms with E-state index in [1.807, 2.05) is 6.07 Å². The molecule has 0 amide bonds. The fourth-order valence-electron chi connectivity index (χ4n) is 3.16. The maximum atomic E-state index is 7.43. The van der Waals surface area contributed by atoms with E-state index in [0.29, 0.717) is 12.0 Å². The molecule has 1 aromatic rings. The highest BCUT2D eigenvalue weighted by Crippen LogP contribution is 2.42. The predicted octanol–water partition coefficient (Wildman–Crippen LogP) is 2.72. The monoisotopic (exact) mass is 242 g/mol. The minimum Gasteiger partial charge on any atom is -0.307 e. The normalized spacial score (nSPS) is 33.0. The van der Waals surface area contributed by atoms with E-state index in [1.165, 1.54) is 5.56 Å². The molecule has 0 bridgehead atoms. The van der Waals surface area contributed by atoms with Gasteiger partial charge in [0.05, 0.1) is 12.5 Å². The second kappa shape index (κ2) is 4.38. The van der Waals surface area contributed by atoms with E-state index in [0.717, 1.165) is 26.1 Å². The lowest BCUT2D eigenvalue weighted by atomic mass is 10.0. The van der Waals surface area contributed by atoms with Gasteiger partial charge in [-0.3, -0.25) is 9.74 Å². The van der Waals surface area contributed by atoms with Crippen molar-refractivity contribution < 1.29 is 4.74 Å². The number of fused-ring (bicyclic) bond motifs is 1. The summed E-state index contributed by atoms with van der Waals surface area (Å²) in [5.41, 5.74) is 0.765. The Hall–Kier alpha value is -1.37. The Morgan fingerprint density at radius 2 is 2.22 bits per heavy atom. The highest BCUT2D eigenvalue weighted by molar-refractivity contribution is 5.20. The van der Waals surface area contributed by atoms with Crippen molar-refractivity contribution in [3.8, 4) is 0 Å². The van der Waals surface area contributed by atoms with Gasteiger partial charge in [0.15, 0.2) is 0 Å². The molecule has 18 heavy (non-hydrogen) atoms. The van der Waals surface area contributed by atoms with Crippen molar-refractivity contribution in [2.45, 2.75) is 25.1 Å². The van der Waals surface area contributed by atoms with Gasteiger partial charge < -0.3 is 4.74 Å². The Kier molecular flexibility index (Phi) is 2.85. The number of nitrogens with zero attached hydrogens (tertiary/aromatic N) is 2. The zero-order valence-electron chi connectivity index (χ0n) is 10.7. The first-order valence-electron chi connectivity index (χ1n) is 6.57. The van der Waals surface area contributed by atoms with Gasteiger partial charge in [-0.05, 0) is 18.9 Å². The average Bonchev–Trinajstić information content (AvgIpc) is 2.95. The lowest BCUT2D eigenvalue weighted by Crippen LogP contribution is -2.33. The molecule has 0 N–H and O–H groups in total. The van der Waals surface area contributed by atoms with Gasteiger partial charge in [-0.1, -0.05) is 30.3 Å². The van der Waals surface area contributed by atoms with Gasteiger partial charge >= 0.3 is 5.72 Å². The lowest BCUT2D eigenvalue weighted by Gasteiger charge is -2.24. The molecule has 0 saturated carbocycles. The highest BCUT2D eigenvalue weighted by Gasteiger charge is 2.58. The number of likely N-dealkylation sites (tertiary alicyclic amines) is 1. The van der Waals surface area contributed by atoms with Crippen LogP contribution in [0.5, 0.6) is 0 Å². The topological polar surface area (TPSA) is 16.8 Å².